The Kier molecular flexibility index (Phi) is 4.22. The molecule has 1 aromatic carbocycles. The molecule has 1 fully saturated rings. The number of likely N-dealkylation sites (tertiary alicyclic amines) is 1. The van der Waals surface area contributed by atoms with Gasteiger partial charge in [0.25, 0.3) is 5.91 Å². The summed E-state index contributed by atoms with van der Waals surface area (Å²) in [6.07, 6.45) is 1.18. The fraction of sp³-hybridized carbons (Fsp3) is 0.444. The SMILES string of the molecule is Cc1cc(C)n(-c2ccc(C(=O)N3CCC[C@@H](O)[C@H]3C)cc2)n1. The number of hydrogen-bond donors (Lipinski definition) is 1. The van der Waals surface area contributed by atoms with E-state index in [1.165, 1.54) is 0 Å². The lowest BCUT2D eigenvalue weighted by Gasteiger charge is -2.37. The summed E-state index contributed by atoms with van der Waals surface area (Å²) < 4.78 is 1.87. The first-order chi connectivity index (χ1) is 11.0. The van der Waals surface area contributed by atoms with E-state index in [9.17, 15) is 9.90 Å². The second-order valence-electron chi connectivity index (χ2n) is 6.33. The third-order valence-corrected chi connectivity index (χ3v) is 4.58. The van der Waals surface area contributed by atoms with Gasteiger partial charge in [0.1, 0.15) is 0 Å². The number of aliphatic hydroxyl groups is 1. The number of hydrogen-bond acceptors (Lipinski definition) is 3. The fourth-order valence-electron chi connectivity index (χ4n) is 3.21. The lowest BCUT2D eigenvalue weighted by Crippen LogP contribution is -2.49. The Balaban J connectivity index is 1.82. The Morgan fingerprint density at radius 3 is 2.57 bits per heavy atom. The maximum atomic E-state index is 12.7. The molecule has 0 radical (unpaired) electrons. The van der Waals surface area contributed by atoms with Gasteiger partial charge in [-0.15, -0.1) is 0 Å². The summed E-state index contributed by atoms with van der Waals surface area (Å²) in [5, 5.41) is 14.4. The summed E-state index contributed by atoms with van der Waals surface area (Å²) in [5.41, 5.74) is 3.63. The van der Waals surface area contributed by atoms with Gasteiger partial charge in [0.2, 0.25) is 0 Å². The molecule has 2 atom stereocenters. The zero-order valence-electron chi connectivity index (χ0n) is 13.9. The van der Waals surface area contributed by atoms with Crippen molar-refractivity contribution >= 4 is 5.91 Å². The molecule has 1 aromatic heterocycles. The highest BCUT2D eigenvalue weighted by Crippen LogP contribution is 2.21. The van der Waals surface area contributed by atoms with Crippen molar-refractivity contribution in [2.24, 2.45) is 0 Å². The minimum Gasteiger partial charge on any atom is -0.391 e. The number of rotatable bonds is 2. The summed E-state index contributed by atoms with van der Waals surface area (Å²) in [7, 11) is 0. The highest BCUT2D eigenvalue weighted by atomic mass is 16.3. The summed E-state index contributed by atoms with van der Waals surface area (Å²) in [6, 6.07) is 9.39. The molecule has 2 heterocycles. The molecule has 5 heteroatoms. The van der Waals surface area contributed by atoms with Gasteiger partial charge in [0.05, 0.1) is 23.5 Å². The number of carbonyl (C=O) groups is 1. The highest BCUT2D eigenvalue weighted by Gasteiger charge is 2.30. The number of piperidine rings is 1. The molecule has 0 saturated carbocycles. The first kappa shape index (κ1) is 15.7. The zero-order chi connectivity index (χ0) is 16.6. The standard InChI is InChI=1S/C18H23N3O2/c1-12-11-13(2)21(19-12)16-8-6-15(7-9-16)18(23)20-10-4-5-17(22)14(20)3/h6-9,11,14,17,22H,4-5,10H2,1-3H3/t14-,17-/m1/s1. The summed E-state index contributed by atoms with van der Waals surface area (Å²) in [6.45, 7) is 6.59. The Hall–Kier alpha value is -2.14. The van der Waals surface area contributed by atoms with E-state index in [1.807, 2.05) is 55.8 Å². The van der Waals surface area contributed by atoms with Crippen molar-refractivity contribution in [3.05, 3.63) is 47.3 Å². The van der Waals surface area contributed by atoms with Crippen molar-refractivity contribution in [1.82, 2.24) is 14.7 Å². The second-order valence-corrected chi connectivity index (χ2v) is 6.33. The summed E-state index contributed by atoms with van der Waals surface area (Å²) >= 11 is 0. The van der Waals surface area contributed by atoms with Gasteiger partial charge in [0, 0.05) is 17.8 Å². The van der Waals surface area contributed by atoms with E-state index in [0.717, 1.165) is 29.9 Å². The molecular weight excluding hydrogens is 290 g/mol. The van der Waals surface area contributed by atoms with Crippen LogP contribution in [0.3, 0.4) is 0 Å². The number of aromatic nitrogens is 2. The topological polar surface area (TPSA) is 58.4 Å². The van der Waals surface area contributed by atoms with Gasteiger partial charge in [-0.2, -0.15) is 5.10 Å². The number of aliphatic hydroxyl groups excluding tert-OH is 1. The Bertz CT molecular complexity index is 706. The van der Waals surface area contributed by atoms with Crippen molar-refractivity contribution < 1.29 is 9.90 Å². The van der Waals surface area contributed by atoms with Gasteiger partial charge in [0.15, 0.2) is 0 Å². The van der Waals surface area contributed by atoms with Crippen LogP contribution in [0.25, 0.3) is 5.69 Å². The van der Waals surface area contributed by atoms with Crippen LogP contribution in [0.15, 0.2) is 30.3 Å². The molecule has 1 saturated heterocycles. The molecule has 0 unspecified atom stereocenters. The number of nitrogens with zero attached hydrogens (tertiary/aromatic N) is 3. The quantitative estimate of drug-likeness (QED) is 0.926. The van der Waals surface area contributed by atoms with E-state index in [-0.39, 0.29) is 11.9 Å². The van der Waals surface area contributed by atoms with Crippen LogP contribution in [0.2, 0.25) is 0 Å². The highest BCUT2D eigenvalue weighted by molar-refractivity contribution is 5.94. The molecule has 0 aliphatic carbocycles. The van der Waals surface area contributed by atoms with Gasteiger partial charge >= 0.3 is 0 Å². The van der Waals surface area contributed by atoms with E-state index < -0.39 is 6.10 Å². The third kappa shape index (κ3) is 3.01. The lowest BCUT2D eigenvalue weighted by molar-refractivity contribution is 0.0181. The number of benzene rings is 1. The minimum atomic E-state index is -0.429. The first-order valence-electron chi connectivity index (χ1n) is 8.10. The molecule has 2 aromatic rings. The van der Waals surface area contributed by atoms with Crippen molar-refractivity contribution in [1.29, 1.82) is 0 Å². The number of carbonyl (C=O) groups excluding carboxylic acids is 1. The Labute approximate surface area is 136 Å². The van der Waals surface area contributed by atoms with Gasteiger partial charge in [-0.1, -0.05) is 0 Å². The number of amides is 1. The maximum absolute atomic E-state index is 12.7. The second kappa shape index (κ2) is 6.16. The number of aryl methyl sites for hydroxylation is 2. The van der Waals surface area contributed by atoms with Crippen molar-refractivity contribution in [3.8, 4) is 5.69 Å². The average molecular weight is 313 g/mol. The van der Waals surface area contributed by atoms with Crippen molar-refractivity contribution in [2.45, 2.75) is 45.8 Å². The molecular formula is C18H23N3O2. The third-order valence-electron chi connectivity index (χ3n) is 4.58. The first-order valence-corrected chi connectivity index (χ1v) is 8.10. The molecule has 1 N–H and O–H groups in total. The largest absolute Gasteiger partial charge is 0.391 e. The lowest BCUT2D eigenvalue weighted by atomic mass is 9.99. The smallest absolute Gasteiger partial charge is 0.254 e. The van der Waals surface area contributed by atoms with Crippen LogP contribution < -0.4 is 0 Å². The van der Waals surface area contributed by atoms with Crippen molar-refractivity contribution in [3.63, 3.8) is 0 Å². The molecule has 1 aliphatic heterocycles. The molecule has 1 amide bonds. The molecule has 0 spiro atoms. The average Bonchev–Trinajstić information content (AvgIpc) is 2.88. The molecule has 122 valence electrons. The fourth-order valence-corrected chi connectivity index (χ4v) is 3.21. The van der Waals surface area contributed by atoms with Crippen LogP contribution in [0, 0.1) is 13.8 Å². The van der Waals surface area contributed by atoms with Crippen LogP contribution in [0.1, 0.15) is 41.5 Å². The van der Waals surface area contributed by atoms with Gasteiger partial charge in [-0.05, 0) is 63.9 Å². The van der Waals surface area contributed by atoms with Gasteiger partial charge < -0.3 is 10.0 Å². The Morgan fingerprint density at radius 1 is 1.26 bits per heavy atom. The molecule has 1 aliphatic rings. The predicted molar refractivity (Wildman–Crippen MR) is 88.8 cm³/mol. The molecule has 0 bridgehead atoms. The monoisotopic (exact) mass is 313 g/mol. The van der Waals surface area contributed by atoms with E-state index >= 15 is 0 Å². The Morgan fingerprint density at radius 2 is 1.96 bits per heavy atom. The van der Waals surface area contributed by atoms with Crippen LogP contribution in [0.4, 0.5) is 0 Å². The minimum absolute atomic E-state index is 0.0174. The molecule has 23 heavy (non-hydrogen) atoms. The van der Waals surface area contributed by atoms with Crippen LogP contribution in [0.5, 0.6) is 0 Å². The zero-order valence-corrected chi connectivity index (χ0v) is 13.9. The van der Waals surface area contributed by atoms with E-state index in [0.29, 0.717) is 12.1 Å². The van der Waals surface area contributed by atoms with Crippen LogP contribution >= 0.6 is 0 Å². The van der Waals surface area contributed by atoms with Crippen LogP contribution in [-0.4, -0.2) is 44.4 Å². The van der Waals surface area contributed by atoms with Crippen molar-refractivity contribution in [2.75, 3.05) is 6.54 Å². The molecule has 3 rings (SSSR count). The van der Waals surface area contributed by atoms with Gasteiger partial charge in [-0.3, -0.25) is 4.79 Å². The van der Waals surface area contributed by atoms with Crippen LogP contribution in [-0.2, 0) is 0 Å². The predicted octanol–water partition coefficient (Wildman–Crippen LogP) is 2.47. The van der Waals surface area contributed by atoms with E-state index in [2.05, 4.69) is 5.10 Å². The maximum Gasteiger partial charge on any atom is 0.254 e. The summed E-state index contributed by atoms with van der Waals surface area (Å²) in [5.74, 6) is -0.0174. The summed E-state index contributed by atoms with van der Waals surface area (Å²) in [4.78, 5) is 14.4. The van der Waals surface area contributed by atoms with E-state index in [4.69, 9.17) is 0 Å². The van der Waals surface area contributed by atoms with E-state index in [1.54, 1.807) is 4.90 Å². The molecule has 5 nitrogen and oxygen atoms in total. The van der Waals surface area contributed by atoms with Gasteiger partial charge in [-0.25, -0.2) is 4.68 Å². The normalized spacial score (nSPS) is 21.5.